The zero-order valence-electron chi connectivity index (χ0n) is 11.8. The molecule has 21 heavy (non-hydrogen) atoms. The van der Waals surface area contributed by atoms with Crippen molar-refractivity contribution in [3.05, 3.63) is 29.3 Å². The molecule has 1 atom stereocenters. The quantitative estimate of drug-likeness (QED) is 0.809. The first kappa shape index (κ1) is 14.9. The van der Waals surface area contributed by atoms with Crippen LogP contribution in [0.15, 0.2) is 23.7 Å². The van der Waals surface area contributed by atoms with Gasteiger partial charge in [-0.25, -0.2) is 4.98 Å². The van der Waals surface area contributed by atoms with E-state index in [2.05, 4.69) is 9.88 Å². The number of rotatable bonds is 3. The fourth-order valence-electron chi connectivity index (χ4n) is 3.77. The van der Waals surface area contributed by atoms with E-state index >= 15 is 0 Å². The molecule has 0 N–H and O–H groups in total. The van der Waals surface area contributed by atoms with E-state index in [-0.39, 0.29) is 12.4 Å². The van der Waals surface area contributed by atoms with Gasteiger partial charge in [-0.1, -0.05) is 6.07 Å². The maximum absolute atomic E-state index is 12.7. The number of hydrogen-bond donors (Lipinski definition) is 0. The lowest BCUT2D eigenvalue weighted by Gasteiger charge is -2.44. The zero-order valence-corrected chi connectivity index (χ0v) is 13.5. The Hall–Kier alpha value is -0.970. The van der Waals surface area contributed by atoms with Crippen molar-refractivity contribution in [1.82, 2.24) is 9.88 Å². The average molecular weight is 323 g/mol. The predicted molar refractivity (Wildman–Crippen MR) is 88.5 cm³/mol. The molecule has 3 aliphatic rings. The molecule has 2 bridgehead atoms. The molecule has 1 aromatic carbocycles. The minimum atomic E-state index is 0. The van der Waals surface area contributed by atoms with Crippen molar-refractivity contribution in [1.29, 1.82) is 0 Å². The standard InChI is InChI=1S/C16H18N2OS.ClH/c19-15(8-12-9-18-6-4-11(12)5-7-18)13-2-1-3-14-16(13)20-10-17-14;/h1-3,10-12H,4-9H2;1H/t12-;/m1./s1. The van der Waals surface area contributed by atoms with Crippen LogP contribution >= 0.6 is 23.7 Å². The van der Waals surface area contributed by atoms with E-state index in [0.29, 0.717) is 18.1 Å². The zero-order chi connectivity index (χ0) is 13.5. The monoisotopic (exact) mass is 322 g/mol. The summed E-state index contributed by atoms with van der Waals surface area (Å²) < 4.78 is 1.05. The Morgan fingerprint density at radius 1 is 1.33 bits per heavy atom. The van der Waals surface area contributed by atoms with Crippen LogP contribution in [0.1, 0.15) is 29.6 Å². The molecule has 4 heterocycles. The maximum Gasteiger partial charge on any atom is 0.164 e. The number of halogens is 1. The number of piperidine rings is 3. The highest BCUT2D eigenvalue weighted by molar-refractivity contribution is 7.17. The van der Waals surface area contributed by atoms with E-state index in [1.165, 1.54) is 25.9 Å². The fourth-order valence-corrected chi connectivity index (χ4v) is 4.59. The van der Waals surface area contributed by atoms with Gasteiger partial charge in [-0.05, 0) is 49.9 Å². The van der Waals surface area contributed by atoms with Crippen molar-refractivity contribution in [2.75, 3.05) is 19.6 Å². The van der Waals surface area contributed by atoms with Gasteiger partial charge < -0.3 is 4.90 Å². The Morgan fingerprint density at radius 2 is 2.14 bits per heavy atom. The molecule has 0 amide bonds. The van der Waals surface area contributed by atoms with E-state index in [1.807, 2.05) is 23.7 Å². The number of carbonyl (C=O) groups excluding carboxylic acids is 1. The SMILES string of the molecule is Cl.O=C(C[C@@H]1CN2CCC1CC2)c1cccc2ncsc12. The molecule has 5 rings (SSSR count). The summed E-state index contributed by atoms with van der Waals surface area (Å²) in [5.74, 6) is 1.64. The van der Waals surface area contributed by atoms with Crippen molar-refractivity contribution >= 4 is 39.7 Å². The summed E-state index contributed by atoms with van der Waals surface area (Å²) in [4.78, 5) is 19.5. The highest BCUT2D eigenvalue weighted by atomic mass is 35.5. The van der Waals surface area contributed by atoms with Gasteiger partial charge in [0.25, 0.3) is 0 Å². The Balaban J connectivity index is 0.00000132. The minimum Gasteiger partial charge on any atom is -0.303 e. The van der Waals surface area contributed by atoms with Crippen LogP contribution < -0.4 is 0 Å². The van der Waals surface area contributed by atoms with E-state index in [1.54, 1.807) is 11.3 Å². The molecule has 0 radical (unpaired) electrons. The lowest BCUT2D eigenvalue weighted by Crippen LogP contribution is -2.47. The first-order chi connectivity index (χ1) is 9.81. The van der Waals surface area contributed by atoms with Crippen LogP contribution in [0.2, 0.25) is 0 Å². The molecule has 0 saturated carbocycles. The second-order valence-corrected chi connectivity index (χ2v) is 6.89. The van der Waals surface area contributed by atoms with Crippen molar-refractivity contribution in [3.63, 3.8) is 0 Å². The average Bonchev–Trinajstić information content (AvgIpc) is 2.96. The molecule has 3 saturated heterocycles. The molecular weight excluding hydrogens is 304 g/mol. The van der Waals surface area contributed by atoms with E-state index in [4.69, 9.17) is 0 Å². The molecule has 3 fully saturated rings. The normalized spacial score (nSPS) is 27.5. The smallest absolute Gasteiger partial charge is 0.164 e. The van der Waals surface area contributed by atoms with E-state index < -0.39 is 0 Å². The maximum atomic E-state index is 12.7. The summed E-state index contributed by atoms with van der Waals surface area (Å²) in [5.41, 5.74) is 3.66. The van der Waals surface area contributed by atoms with Crippen LogP contribution in [-0.2, 0) is 0 Å². The lowest BCUT2D eigenvalue weighted by atomic mass is 9.76. The summed E-state index contributed by atoms with van der Waals surface area (Å²) in [5, 5.41) is 0. The van der Waals surface area contributed by atoms with Gasteiger partial charge in [0.1, 0.15) is 0 Å². The van der Waals surface area contributed by atoms with Crippen LogP contribution in [0.5, 0.6) is 0 Å². The number of hydrogen-bond acceptors (Lipinski definition) is 4. The highest BCUT2D eigenvalue weighted by Crippen LogP contribution is 2.35. The van der Waals surface area contributed by atoms with Crippen LogP contribution in [-0.4, -0.2) is 35.3 Å². The molecule has 3 nitrogen and oxygen atoms in total. The number of nitrogens with zero attached hydrogens (tertiary/aromatic N) is 2. The number of aromatic nitrogens is 1. The van der Waals surface area contributed by atoms with Gasteiger partial charge in [-0.3, -0.25) is 4.79 Å². The van der Waals surface area contributed by atoms with Gasteiger partial charge in [0, 0.05) is 18.5 Å². The second kappa shape index (κ2) is 6.03. The first-order valence-corrected chi connectivity index (χ1v) is 8.27. The van der Waals surface area contributed by atoms with Crippen molar-refractivity contribution in [2.24, 2.45) is 11.8 Å². The lowest BCUT2D eigenvalue weighted by molar-refractivity contribution is 0.0441. The van der Waals surface area contributed by atoms with Crippen molar-refractivity contribution < 1.29 is 4.79 Å². The number of carbonyl (C=O) groups is 1. The van der Waals surface area contributed by atoms with E-state index in [0.717, 1.165) is 28.2 Å². The van der Waals surface area contributed by atoms with Crippen LogP contribution in [0.4, 0.5) is 0 Å². The molecule has 112 valence electrons. The number of ketones is 1. The first-order valence-electron chi connectivity index (χ1n) is 7.39. The number of Topliss-reactive ketones (excluding diaryl/α,β-unsaturated/α-hetero) is 1. The summed E-state index contributed by atoms with van der Waals surface area (Å²) in [6.45, 7) is 3.59. The molecule has 1 aromatic heterocycles. The van der Waals surface area contributed by atoms with Crippen molar-refractivity contribution in [2.45, 2.75) is 19.3 Å². The summed E-state index contributed by atoms with van der Waals surface area (Å²) in [6, 6.07) is 5.90. The third-order valence-corrected chi connectivity index (χ3v) is 5.77. The van der Waals surface area contributed by atoms with Gasteiger partial charge in [0.05, 0.1) is 15.7 Å². The molecule has 0 aliphatic carbocycles. The predicted octanol–water partition coefficient (Wildman–Crippen LogP) is 3.63. The van der Waals surface area contributed by atoms with E-state index in [9.17, 15) is 4.79 Å². The van der Waals surface area contributed by atoms with Gasteiger partial charge in [0.15, 0.2) is 5.78 Å². The number of fused-ring (bicyclic) bond motifs is 4. The van der Waals surface area contributed by atoms with Crippen LogP contribution in [0.3, 0.4) is 0 Å². The summed E-state index contributed by atoms with van der Waals surface area (Å²) in [6.07, 6.45) is 3.27. The second-order valence-electron chi connectivity index (χ2n) is 6.03. The summed E-state index contributed by atoms with van der Waals surface area (Å²) >= 11 is 1.58. The summed E-state index contributed by atoms with van der Waals surface area (Å²) in [7, 11) is 0. The van der Waals surface area contributed by atoms with Gasteiger partial charge in [-0.2, -0.15) is 0 Å². The molecular formula is C16H19ClN2OS. The fraction of sp³-hybridized carbons (Fsp3) is 0.500. The third kappa shape index (κ3) is 2.72. The largest absolute Gasteiger partial charge is 0.303 e. The molecule has 5 heteroatoms. The van der Waals surface area contributed by atoms with Crippen LogP contribution in [0, 0.1) is 11.8 Å². The number of thiazole rings is 1. The number of benzene rings is 1. The van der Waals surface area contributed by atoms with Gasteiger partial charge in [0.2, 0.25) is 0 Å². The highest BCUT2D eigenvalue weighted by Gasteiger charge is 2.35. The molecule has 0 spiro atoms. The van der Waals surface area contributed by atoms with Gasteiger partial charge >= 0.3 is 0 Å². The third-order valence-electron chi connectivity index (χ3n) is 4.90. The topological polar surface area (TPSA) is 33.2 Å². The Labute approximate surface area is 134 Å². The molecule has 2 aromatic rings. The van der Waals surface area contributed by atoms with Crippen molar-refractivity contribution in [3.8, 4) is 0 Å². The Bertz CT molecular complexity index is 649. The Kier molecular flexibility index (Phi) is 4.29. The molecule has 3 aliphatic heterocycles. The van der Waals surface area contributed by atoms with Crippen LogP contribution in [0.25, 0.3) is 10.2 Å². The van der Waals surface area contributed by atoms with Gasteiger partial charge in [-0.15, -0.1) is 23.7 Å². The Morgan fingerprint density at radius 3 is 2.86 bits per heavy atom. The molecule has 0 unspecified atom stereocenters. The minimum absolute atomic E-state index is 0.